The molecule has 0 aliphatic carbocycles. The Hall–Kier alpha value is -0.0600. The van der Waals surface area contributed by atoms with E-state index in [-0.39, 0.29) is 6.04 Å². The summed E-state index contributed by atoms with van der Waals surface area (Å²) in [6.07, 6.45) is 1.08. The van der Waals surface area contributed by atoms with Gasteiger partial charge in [-0.2, -0.15) is 0 Å². The molecule has 19 heavy (non-hydrogen) atoms. The lowest BCUT2D eigenvalue weighted by atomic mass is 10.1. The molecule has 0 fully saturated rings. The van der Waals surface area contributed by atoms with Crippen molar-refractivity contribution in [3.05, 3.63) is 54.6 Å². The fourth-order valence-electron chi connectivity index (χ4n) is 1.85. The van der Waals surface area contributed by atoms with Gasteiger partial charge in [-0.15, -0.1) is 11.3 Å². The first-order valence-electron chi connectivity index (χ1n) is 6.04. The van der Waals surface area contributed by atoms with Crippen molar-refractivity contribution in [3.8, 4) is 0 Å². The van der Waals surface area contributed by atoms with Crippen molar-refractivity contribution in [2.45, 2.75) is 19.4 Å². The maximum atomic E-state index is 6.27. The van der Waals surface area contributed by atoms with Crippen LogP contribution in [-0.2, 0) is 0 Å². The van der Waals surface area contributed by atoms with Crippen molar-refractivity contribution < 1.29 is 0 Å². The second kappa shape index (κ2) is 7.09. The molecule has 0 spiro atoms. The predicted octanol–water partition coefficient (Wildman–Crippen LogP) is 5.91. The molecule has 1 aromatic carbocycles. The second-order valence-electron chi connectivity index (χ2n) is 4.19. The molecule has 0 saturated heterocycles. The molecule has 1 unspecified atom stereocenters. The van der Waals surface area contributed by atoms with Crippen LogP contribution in [0.1, 0.15) is 29.8 Å². The molecule has 0 radical (unpaired) electrons. The molecule has 0 aliphatic heterocycles. The molecule has 1 aromatic heterocycles. The Morgan fingerprint density at radius 3 is 2.63 bits per heavy atom. The standard InChI is InChI=1S/C14H14BrCl2NS/c1-2-6-18-13(14-12(17)5-7-19-14)9-3-4-11(16)10(15)8-9/h3-5,7-8,13,18H,2,6H2,1H3. The molecular formula is C14H14BrCl2NS. The third kappa shape index (κ3) is 3.73. The number of rotatable bonds is 5. The summed E-state index contributed by atoms with van der Waals surface area (Å²) in [6, 6.07) is 8.04. The molecular weight excluding hydrogens is 365 g/mol. The van der Waals surface area contributed by atoms with Crippen LogP contribution >= 0.6 is 50.5 Å². The van der Waals surface area contributed by atoms with Gasteiger partial charge >= 0.3 is 0 Å². The van der Waals surface area contributed by atoms with Gasteiger partial charge in [0.05, 0.1) is 16.1 Å². The SMILES string of the molecule is CCCNC(c1ccc(Cl)c(Br)c1)c1sccc1Cl. The summed E-state index contributed by atoms with van der Waals surface area (Å²) in [6.45, 7) is 3.09. The summed E-state index contributed by atoms with van der Waals surface area (Å²) in [5.41, 5.74) is 1.16. The highest BCUT2D eigenvalue weighted by Crippen LogP contribution is 2.35. The van der Waals surface area contributed by atoms with Gasteiger partial charge in [-0.25, -0.2) is 0 Å². The second-order valence-corrected chi connectivity index (χ2v) is 6.81. The Kier molecular flexibility index (Phi) is 5.72. The van der Waals surface area contributed by atoms with Crippen LogP contribution < -0.4 is 5.32 Å². The third-order valence-corrected chi connectivity index (χ3v) is 5.42. The Morgan fingerprint density at radius 2 is 2.05 bits per heavy atom. The average molecular weight is 379 g/mol. The van der Waals surface area contributed by atoms with Crippen molar-refractivity contribution in [2.24, 2.45) is 0 Å². The number of halogens is 3. The van der Waals surface area contributed by atoms with Crippen molar-refractivity contribution in [3.63, 3.8) is 0 Å². The van der Waals surface area contributed by atoms with E-state index < -0.39 is 0 Å². The fourth-order valence-corrected chi connectivity index (χ4v) is 3.64. The summed E-state index contributed by atoms with van der Waals surface area (Å²) < 4.78 is 0.905. The van der Waals surface area contributed by atoms with E-state index in [2.05, 4.69) is 28.2 Å². The van der Waals surface area contributed by atoms with Crippen LogP contribution in [0.5, 0.6) is 0 Å². The number of nitrogens with one attached hydrogen (secondary N) is 1. The molecule has 5 heteroatoms. The number of hydrogen-bond donors (Lipinski definition) is 1. The largest absolute Gasteiger partial charge is 0.306 e. The predicted molar refractivity (Wildman–Crippen MR) is 88.6 cm³/mol. The highest BCUT2D eigenvalue weighted by atomic mass is 79.9. The van der Waals surface area contributed by atoms with Crippen molar-refractivity contribution >= 4 is 50.5 Å². The van der Waals surface area contributed by atoms with Gasteiger partial charge in [0.2, 0.25) is 0 Å². The number of thiophene rings is 1. The van der Waals surface area contributed by atoms with E-state index >= 15 is 0 Å². The number of hydrogen-bond acceptors (Lipinski definition) is 2. The van der Waals surface area contributed by atoms with Gasteiger partial charge in [-0.1, -0.05) is 36.2 Å². The van der Waals surface area contributed by atoms with Crippen LogP contribution in [0.3, 0.4) is 0 Å². The smallest absolute Gasteiger partial charge is 0.0686 e. The molecule has 102 valence electrons. The van der Waals surface area contributed by atoms with Crippen LogP contribution in [0, 0.1) is 0 Å². The Labute approximate surface area is 136 Å². The molecule has 2 aromatic rings. The highest BCUT2D eigenvalue weighted by Gasteiger charge is 2.18. The van der Waals surface area contributed by atoms with E-state index in [4.69, 9.17) is 23.2 Å². The first-order chi connectivity index (χ1) is 9.13. The van der Waals surface area contributed by atoms with Crippen LogP contribution in [0.25, 0.3) is 0 Å². The molecule has 0 saturated carbocycles. The van der Waals surface area contributed by atoms with Crippen LogP contribution in [0.15, 0.2) is 34.1 Å². The van der Waals surface area contributed by atoms with Gasteiger partial charge in [-0.3, -0.25) is 0 Å². The minimum Gasteiger partial charge on any atom is -0.306 e. The van der Waals surface area contributed by atoms with Gasteiger partial charge in [-0.05, 0) is 58.0 Å². The monoisotopic (exact) mass is 377 g/mol. The third-order valence-electron chi connectivity index (χ3n) is 2.78. The van der Waals surface area contributed by atoms with E-state index in [0.717, 1.165) is 37.9 Å². The zero-order valence-corrected chi connectivity index (χ0v) is 14.3. The molecule has 1 nitrogen and oxygen atoms in total. The fraction of sp³-hybridized carbons (Fsp3) is 0.286. The average Bonchev–Trinajstić information content (AvgIpc) is 2.80. The molecule has 2 rings (SSSR count). The Bertz CT molecular complexity index is 556. The summed E-state index contributed by atoms with van der Waals surface area (Å²) in [5, 5.41) is 7.08. The van der Waals surface area contributed by atoms with E-state index in [1.165, 1.54) is 0 Å². The van der Waals surface area contributed by atoms with Gasteiger partial charge in [0.25, 0.3) is 0 Å². The molecule has 1 heterocycles. The van der Waals surface area contributed by atoms with E-state index in [9.17, 15) is 0 Å². The van der Waals surface area contributed by atoms with Crippen LogP contribution in [0.4, 0.5) is 0 Å². The lowest BCUT2D eigenvalue weighted by Gasteiger charge is -2.19. The lowest BCUT2D eigenvalue weighted by Crippen LogP contribution is -2.22. The lowest BCUT2D eigenvalue weighted by molar-refractivity contribution is 0.606. The first kappa shape index (κ1) is 15.3. The highest BCUT2D eigenvalue weighted by molar-refractivity contribution is 9.10. The summed E-state index contributed by atoms with van der Waals surface area (Å²) >= 11 is 17.5. The van der Waals surface area contributed by atoms with Crippen LogP contribution in [-0.4, -0.2) is 6.54 Å². The molecule has 1 N–H and O–H groups in total. The summed E-state index contributed by atoms with van der Waals surface area (Å²) in [5.74, 6) is 0. The minimum absolute atomic E-state index is 0.112. The molecule has 1 atom stereocenters. The topological polar surface area (TPSA) is 12.0 Å². The van der Waals surface area contributed by atoms with E-state index in [0.29, 0.717) is 0 Å². The quantitative estimate of drug-likeness (QED) is 0.682. The van der Waals surface area contributed by atoms with Crippen molar-refractivity contribution in [1.82, 2.24) is 5.32 Å². The Balaban J connectivity index is 2.37. The van der Waals surface area contributed by atoms with Crippen molar-refractivity contribution in [1.29, 1.82) is 0 Å². The maximum Gasteiger partial charge on any atom is 0.0686 e. The minimum atomic E-state index is 0.112. The zero-order chi connectivity index (χ0) is 13.8. The summed E-state index contributed by atoms with van der Waals surface area (Å²) in [7, 11) is 0. The first-order valence-corrected chi connectivity index (χ1v) is 8.47. The molecule has 0 aliphatic rings. The van der Waals surface area contributed by atoms with Gasteiger partial charge in [0, 0.05) is 9.35 Å². The molecule has 0 amide bonds. The molecule has 0 bridgehead atoms. The van der Waals surface area contributed by atoms with Gasteiger partial charge < -0.3 is 5.32 Å². The maximum absolute atomic E-state index is 6.27. The van der Waals surface area contributed by atoms with Crippen molar-refractivity contribution in [2.75, 3.05) is 6.54 Å². The summed E-state index contributed by atoms with van der Waals surface area (Å²) in [4.78, 5) is 1.14. The normalized spacial score (nSPS) is 12.6. The van der Waals surface area contributed by atoms with E-state index in [1.807, 2.05) is 29.6 Å². The van der Waals surface area contributed by atoms with Gasteiger partial charge in [0.1, 0.15) is 0 Å². The van der Waals surface area contributed by atoms with E-state index in [1.54, 1.807) is 11.3 Å². The zero-order valence-electron chi connectivity index (χ0n) is 10.4. The number of benzene rings is 1. The Morgan fingerprint density at radius 1 is 1.26 bits per heavy atom. The van der Waals surface area contributed by atoms with Crippen LogP contribution in [0.2, 0.25) is 10.0 Å². The van der Waals surface area contributed by atoms with Gasteiger partial charge in [0.15, 0.2) is 0 Å².